The second-order valence-electron chi connectivity index (χ2n) is 6.76. The SMILES string of the molecule is CCCC1CCN(CCCCCCNCC(C)C)C1. The zero-order valence-corrected chi connectivity index (χ0v) is 13.6. The van der Waals surface area contributed by atoms with Crippen LogP contribution in [0.5, 0.6) is 0 Å². The van der Waals surface area contributed by atoms with Crippen molar-refractivity contribution in [1.82, 2.24) is 10.2 Å². The van der Waals surface area contributed by atoms with Gasteiger partial charge in [-0.05, 0) is 63.7 Å². The summed E-state index contributed by atoms with van der Waals surface area (Å²) in [5, 5.41) is 3.53. The van der Waals surface area contributed by atoms with E-state index in [1.54, 1.807) is 0 Å². The van der Waals surface area contributed by atoms with Crippen molar-refractivity contribution >= 4 is 0 Å². The van der Waals surface area contributed by atoms with E-state index in [4.69, 9.17) is 0 Å². The van der Waals surface area contributed by atoms with Crippen molar-refractivity contribution in [3.63, 3.8) is 0 Å². The minimum atomic E-state index is 0.784. The number of nitrogens with one attached hydrogen (secondary N) is 1. The lowest BCUT2D eigenvalue weighted by Crippen LogP contribution is -2.22. The Morgan fingerprint density at radius 1 is 1.16 bits per heavy atom. The topological polar surface area (TPSA) is 15.3 Å². The molecule has 0 aromatic heterocycles. The fraction of sp³-hybridized carbons (Fsp3) is 1.00. The third kappa shape index (κ3) is 8.65. The second-order valence-corrected chi connectivity index (χ2v) is 6.76. The van der Waals surface area contributed by atoms with Gasteiger partial charge in [-0.1, -0.05) is 40.0 Å². The maximum atomic E-state index is 3.53. The minimum Gasteiger partial charge on any atom is -0.316 e. The molecule has 2 heteroatoms. The molecule has 0 bridgehead atoms. The molecule has 1 aliphatic heterocycles. The molecule has 1 atom stereocenters. The molecule has 0 amide bonds. The predicted octanol–water partition coefficient (Wildman–Crippen LogP) is 3.91. The number of hydrogen-bond acceptors (Lipinski definition) is 2. The Morgan fingerprint density at radius 3 is 2.68 bits per heavy atom. The predicted molar refractivity (Wildman–Crippen MR) is 85.6 cm³/mol. The van der Waals surface area contributed by atoms with Gasteiger partial charge in [0.25, 0.3) is 0 Å². The van der Waals surface area contributed by atoms with Crippen molar-refractivity contribution in [3.05, 3.63) is 0 Å². The molecule has 0 spiro atoms. The molecular weight excluding hydrogens is 232 g/mol. The highest BCUT2D eigenvalue weighted by Gasteiger charge is 2.20. The average Bonchev–Trinajstić information content (AvgIpc) is 2.80. The summed E-state index contributed by atoms with van der Waals surface area (Å²) in [5.41, 5.74) is 0. The minimum absolute atomic E-state index is 0.784. The van der Waals surface area contributed by atoms with Gasteiger partial charge < -0.3 is 10.2 Å². The van der Waals surface area contributed by atoms with Gasteiger partial charge in [-0.15, -0.1) is 0 Å². The summed E-state index contributed by atoms with van der Waals surface area (Å²) in [6, 6.07) is 0. The van der Waals surface area contributed by atoms with E-state index in [-0.39, 0.29) is 0 Å². The quantitative estimate of drug-likeness (QED) is 0.571. The molecule has 1 rings (SSSR count). The van der Waals surface area contributed by atoms with E-state index in [1.807, 2.05) is 0 Å². The molecule has 114 valence electrons. The lowest BCUT2D eigenvalue weighted by atomic mass is 10.0. The first-order valence-electron chi connectivity index (χ1n) is 8.65. The molecule has 2 nitrogen and oxygen atoms in total. The molecule has 1 N–H and O–H groups in total. The standard InChI is InChI=1S/C17H36N2/c1-4-9-17-10-13-19(15-17)12-8-6-5-7-11-18-14-16(2)3/h16-18H,4-15H2,1-3H3. The molecule has 0 aromatic rings. The summed E-state index contributed by atoms with van der Waals surface area (Å²) < 4.78 is 0. The van der Waals surface area contributed by atoms with Crippen LogP contribution in [0.25, 0.3) is 0 Å². The monoisotopic (exact) mass is 268 g/mol. The maximum absolute atomic E-state index is 3.53. The molecule has 0 radical (unpaired) electrons. The summed E-state index contributed by atoms with van der Waals surface area (Å²) in [7, 11) is 0. The Bertz CT molecular complexity index is 203. The molecule has 19 heavy (non-hydrogen) atoms. The molecular formula is C17H36N2. The fourth-order valence-corrected chi connectivity index (χ4v) is 3.09. The molecule has 1 fully saturated rings. The number of hydrogen-bond donors (Lipinski definition) is 1. The van der Waals surface area contributed by atoms with Crippen LogP contribution < -0.4 is 5.32 Å². The number of likely N-dealkylation sites (tertiary alicyclic amines) is 1. The van der Waals surface area contributed by atoms with Crippen LogP contribution in [0, 0.1) is 11.8 Å². The summed E-state index contributed by atoms with van der Waals surface area (Å²) in [6.07, 6.45) is 9.83. The Labute approximate surface area is 121 Å². The average molecular weight is 268 g/mol. The zero-order valence-electron chi connectivity index (χ0n) is 13.6. The van der Waals surface area contributed by atoms with Gasteiger partial charge >= 0.3 is 0 Å². The second kappa shape index (κ2) is 10.7. The van der Waals surface area contributed by atoms with Crippen LogP contribution in [-0.2, 0) is 0 Å². The summed E-state index contributed by atoms with van der Waals surface area (Å²) in [4.78, 5) is 2.69. The van der Waals surface area contributed by atoms with Crippen molar-refractivity contribution in [1.29, 1.82) is 0 Å². The van der Waals surface area contributed by atoms with Crippen molar-refractivity contribution in [3.8, 4) is 0 Å². The van der Waals surface area contributed by atoms with Crippen LogP contribution in [0.2, 0.25) is 0 Å². The lowest BCUT2D eigenvalue weighted by Gasteiger charge is -2.15. The highest BCUT2D eigenvalue weighted by atomic mass is 15.1. The van der Waals surface area contributed by atoms with Crippen molar-refractivity contribution < 1.29 is 0 Å². The first-order chi connectivity index (χ1) is 9.22. The highest BCUT2D eigenvalue weighted by molar-refractivity contribution is 4.74. The first-order valence-corrected chi connectivity index (χ1v) is 8.65. The molecule has 1 saturated heterocycles. The van der Waals surface area contributed by atoms with Gasteiger partial charge in [0.15, 0.2) is 0 Å². The van der Waals surface area contributed by atoms with Gasteiger partial charge in [-0.3, -0.25) is 0 Å². The maximum Gasteiger partial charge on any atom is 0.00101 e. The smallest absolute Gasteiger partial charge is 0.00101 e. The van der Waals surface area contributed by atoms with E-state index < -0.39 is 0 Å². The third-order valence-electron chi connectivity index (χ3n) is 4.20. The van der Waals surface area contributed by atoms with E-state index in [9.17, 15) is 0 Å². The Kier molecular flexibility index (Phi) is 9.54. The molecule has 1 aliphatic rings. The van der Waals surface area contributed by atoms with Crippen molar-refractivity contribution in [2.24, 2.45) is 11.8 Å². The van der Waals surface area contributed by atoms with E-state index in [2.05, 4.69) is 31.0 Å². The van der Waals surface area contributed by atoms with Gasteiger partial charge in [0.2, 0.25) is 0 Å². The third-order valence-corrected chi connectivity index (χ3v) is 4.20. The van der Waals surface area contributed by atoms with Crippen molar-refractivity contribution in [2.45, 2.75) is 65.7 Å². The van der Waals surface area contributed by atoms with Gasteiger partial charge in [0, 0.05) is 6.54 Å². The zero-order chi connectivity index (χ0) is 13.9. The summed E-state index contributed by atoms with van der Waals surface area (Å²) in [5.74, 6) is 1.79. The van der Waals surface area contributed by atoms with E-state index in [1.165, 1.54) is 77.7 Å². The van der Waals surface area contributed by atoms with Gasteiger partial charge in [-0.2, -0.15) is 0 Å². The first kappa shape index (κ1) is 17.0. The number of nitrogens with zero attached hydrogens (tertiary/aromatic N) is 1. The van der Waals surface area contributed by atoms with Crippen LogP contribution in [0.4, 0.5) is 0 Å². The number of unbranched alkanes of at least 4 members (excludes halogenated alkanes) is 3. The molecule has 0 saturated carbocycles. The van der Waals surface area contributed by atoms with Gasteiger partial charge in [0.1, 0.15) is 0 Å². The van der Waals surface area contributed by atoms with Gasteiger partial charge in [0.05, 0.1) is 0 Å². The molecule has 1 unspecified atom stereocenters. The van der Waals surface area contributed by atoms with Gasteiger partial charge in [-0.25, -0.2) is 0 Å². The molecule has 0 aliphatic carbocycles. The Morgan fingerprint density at radius 2 is 1.95 bits per heavy atom. The van der Waals surface area contributed by atoms with Crippen LogP contribution in [0.15, 0.2) is 0 Å². The fourth-order valence-electron chi connectivity index (χ4n) is 3.09. The Hall–Kier alpha value is -0.0800. The summed E-state index contributed by atoms with van der Waals surface area (Å²) >= 11 is 0. The molecule has 0 aromatic carbocycles. The van der Waals surface area contributed by atoms with Crippen LogP contribution in [-0.4, -0.2) is 37.6 Å². The summed E-state index contributed by atoms with van der Waals surface area (Å²) in [6.45, 7) is 13.3. The van der Waals surface area contributed by atoms with Crippen molar-refractivity contribution in [2.75, 3.05) is 32.7 Å². The highest BCUT2D eigenvalue weighted by Crippen LogP contribution is 2.21. The van der Waals surface area contributed by atoms with E-state index >= 15 is 0 Å². The molecule has 1 heterocycles. The van der Waals surface area contributed by atoms with Crippen LogP contribution in [0.1, 0.15) is 65.7 Å². The number of rotatable bonds is 11. The Balaban J connectivity index is 1.84. The largest absolute Gasteiger partial charge is 0.316 e. The normalized spacial score (nSPS) is 20.5. The van der Waals surface area contributed by atoms with Crippen LogP contribution >= 0.6 is 0 Å². The van der Waals surface area contributed by atoms with E-state index in [0.29, 0.717) is 0 Å². The lowest BCUT2D eigenvalue weighted by molar-refractivity contribution is 0.311. The van der Waals surface area contributed by atoms with Crippen LogP contribution in [0.3, 0.4) is 0 Å². The van der Waals surface area contributed by atoms with E-state index in [0.717, 1.165) is 11.8 Å².